The Morgan fingerprint density at radius 2 is 2.33 bits per heavy atom. The van der Waals surface area contributed by atoms with Crippen molar-refractivity contribution >= 4 is 22.6 Å². The topological polar surface area (TPSA) is 9.23 Å². The van der Waals surface area contributed by atoms with Crippen LogP contribution in [0.3, 0.4) is 0 Å². The van der Waals surface area contributed by atoms with Crippen LogP contribution in [0.1, 0.15) is 20.3 Å². The normalized spacial score (nSPS) is 12.6. The van der Waals surface area contributed by atoms with Crippen LogP contribution >= 0.6 is 22.6 Å². The van der Waals surface area contributed by atoms with Crippen LogP contribution in [-0.4, -0.2) is 6.10 Å². The van der Waals surface area contributed by atoms with Gasteiger partial charge < -0.3 is 4.74 Å². The number of hydrogen-bond acceptors (Lipinski definition) is 1. The van der Waals surface area contributed by atoms with Crippen molar-refractivity contribution < 1.29 is 4.74 Å². The number of rotatable bonds is 3. The van der Waals surface area contributed by atoms with Gasteiger partial charge in [-0.2, -0.15) is 0 Å². The predicted molar refractivity (Wildman–Crippen MR) is 58.4 cm³/mol. The highest BCUT2D eigenvalue weighted by atomic mass is 127. The summed E-state index contributed by atoms with van der Waals surface area (Å²) in [5.74, 6) is 0.913. The average molecular weight is 275 g/mol. The van der Waals surface area contributed by atoms with Crippen LogP contribution in [0.4, 0.5) is 0 Å². The van der Waals surface area contributed by atoms with Gasteiger partial charge >= 0.3 is 0 Å². The van der Waals surface area contributed by atoms with Crippen molar-refractivity contribution in [2.24, 2.45) is 0 Å². The molecule has 0 N–H and O–H groups in total. The summed E-state index contributed by atoms with van der Waals surface area (Å²) in [5, 5.41) is 0. The maximum absolute atomic E-state index is 5.61. The second kappa shape index (κ2) is 4.70. The standard InChI is InChI=1S/C10H12IO/c1-3-8(2)12-10-6-4-5-9(11)7-10/h5-8H,3H2,1-2H3. The van der Waals surface area contributed by atoms with Gasteiger partial charge in [-0.3, -0.25) is 0 Å². The highest BCUT2D eigenvalue weighted by Gasteiger charge is 2.00. The molecule has 0 spiro atoms. The quantitative estimate of drug-likeness (QED) is 0.769. The third kappa shape index (κ3) is 3.01. The minimum atomic E-state index is 0.289. The second-order valence-electron chi connectivity index (χ2n) is 2.72. The molecule has 65 valence electrons. The van der Waals surface area contributed by atoms with Crippen LogP contribution in [0.15, 0.2) is 18.2 Å². The molecule has 2 heteroatoms. The first-order valence-corrected chi connectivity index (χ1v) is 5.13. The molecular weight excluding hydrogens is 263 g/mol. The molecule has 1 nitrogen and oxygen atoms in total. The minimum absolute atomic E-state index is 0.289. The van der Waals surface area contributed by atoms with Crippen molar-refractivity contribution in [1.29, 1.82) is 0 Å². The molecule has 0 saturated heterocycles. The lowest BCUT2D eigenvalue weighted by atomic mass is 10.3. The summed E-state index contributed by atoms with van der Waals surface area (Å²) in [6.45, 7) is 4.18. The fourth-order valence-electron chi connectivity index (χ4n) is 0.806. The van der Waals surface area contributed by atoms with Gasteiger partial charge in [0.15, 0.2) is 0 Å². The van der Waals surface area contributed by atoms with Gasteiger partial charge in [0.05, 0.1) is 6.10 Å². The molecule has 0 aliphatic carbocycles. The molecule has 0 heterocycles. The molecule has 1 radical (unpaired) electrons. The van der Waals surface area contributed by atoms with Gasteiger partial charge in [0, 0.05) is 3.57 Å². The summed E-state index contributed by atoms with van der Waals surface area (Å²) in [6, 6.07) is 8.85. The Hall–Kier alpha value is -0.250. The molecule has 1 rings (SSSR count). The maximum Gasteiger partial charge on any atom is 0.121 e. The minimum Gasteiger partial charge on any atom is -0.491 e. The summed E-state index contributed by atoms with van der Waals surface area (Å²) in [5.41, 5.74) is 0. The van der Waals surface area contributed by atoms with Gasteiger partial charge in [-0.1, -0.05) is 6.92 Å². The highest BCUT2D eigenvalue weighted by molar-refractivity contribution is 14.1. The first-order chi connectivity index (χ1) is 5.72. The van der Waals surface area contributed by atoms with Crippen LogP contribution in [-0.2, 0) is 0 Å². The van der Waals surface area contributed by atoms with Crippen molar-refractivity contribution in [2.45, 2.75) is 26.4 Å². The Morgan fingerprint density at radius 3 is 2.92 bits per heavy atom. The van der Waals surface area contributed by atoms with E-state index < -0.39 is 0 Å². The molecule has 1 unspecified atom stereocenters. The Balaban J connectivity index is 2.63. The van der Waals surface area contributed by atoms with E-state index in [9.17, 15) is 0 Å². The third-order valence-corrected chi connectivity index (χ3v) is 2.26. The van der Waals surface area contributed by atoms with Crippen LogP contribution < -0.4 is 4.74 Å². The predicted octanol–water partition coefficient (Wildman–Crippen LogP) is 3.27. The first-order valence-electron chi connectivity index (χ1n) is 4.05. The lowest BCUT2D eigenvalue weighted by Crippen LogP contribution is -2.09. The van der Waals surface area contributed by atoms with E-state index in [4.69, 9.17) is 4.74 Å². The molecule has 0 amide bonds. The summed E-state index contributed by atoms with van der Waals surface area (Å²) in [7, 11) is 0. The Labute approximate surface area is 87.3 Å². The first kappa shape index (κ1) is 9.84. The zero-order valence-electron chi connectivity index (χ0n) is 7.30. The van der Waals surface area contributed by atoms with E-state index in [-0.39, 0.29) is 6.10 Å². The van der Waals surface area contributed by atoms with Crippen molar-refractivity contribution in [3.63, 3.8) is 0 Å². The number of halogens is 1. The van der Waals surface area contributed by atoms with Crippen molar-refractivity contribution in [3.8, 4) is 5.75 Å². The van der Waals surface area contributed by atoms with Gasteiger partial charge in [0.1, 0.15) is 5.75 Å². The Bertz CT molecular complexity index is 247. The van der Waals surface area contributed by atoms with E-state index >= 15 is 0 Å². The lowest BCUT2D eigenvalue weighted by Gasteiger charge is -2.11. The number of hydrogen-bond donors (Lipinski definition) is 0. The van der Waals surface area contributed by atoms with Gasteiger partial charge in [0.25, 0.3) is 0 Å². The largest absolute Gasteiger partial charge is 0.491 e. The van der Waals surface area contributed by atoms with Crippen molar-refractivity contribution in [3.05, 3.63) is 27.8 Å². The average Bonchev–Trinajstić information content (AvgIpc) is 2.04. The summed E-state index contributed by atoms with van der Waals surface area (Å²) in [6.07, 6.45) is 1.32. The zero-order chi connectivity index (χ0) is 8.97. The van der Waals surface area contributed by atoms with Gasteiger partial charge in [-0.05, 0) is 60.2 Å². The van der Waals surface area contributed by atoms with Crippen LogP contribution in [0, 0.1) is 9.64 Å². The van der Waals surface area contributed by atoms with E-state index in [2.05, 4.69) is 42.5 Å². The van der Waals surface area contributed by atoms with E-state index in [1.807, 2.05) is 18.2 Å². The van der Waals surface area contributed by atoms with Gasteiger partial charge in [-0.25, -0.2) is 0 Å². The Morgan fingerprint density at radius 1 is 1.58 bits per heavy atom. The molecule has 0 saturated carbocycles. The SMILES string of the molecule is CCC(C)Oc1c[c]cc(I)c1. The van der Waals surface area contributed by atoms with E-state index in [1.165, 1.54) is 0 Å². The summed E-state index contributed by atoms with van der Waals surface area (Å²) < 4.78 is 6.77. The molecule has 1 aromatic carbocycles. The monoisotopic (exact) mass is 275 g/mol. The number of benzene rings is 1. The zero-order valence-corrected chi connectivity index (χ0v) is 9.46. The summed E-state index contributed by atoms with van der Waals surface area (Å²) >= 11 is 2.25. The molecular formula is C10H12IO. The molecule has 0 aromatic heterocycles. The molecule has 0 aliphatic heterocycles. The van der Waals surface area contributed by atoms with E-state index in [0.717, 1.165) is 15.7 Å². The van der Waals surface area contributed by atoms with Crippen molar-refractivity contribution in [2.75, 3.05) is 0 Å². The molecule has 0 aliphatic rings. The van der Waals surface area contributed by atoms with Gasteiger partial charge in [0.2, 0.25) is 0 Å². The van der Waals surface area contributed by atoms with Gasteiger partial charge in [-0.15, -0.1) is 0 Å². The second-order valence-corrected chi connectivity index (χ2v) is 3.97. The highest BCUT2D eigenvalue weighted by Crippen LogP contribution is 2.16. The maximum atomic E-state index is 5.61. The van der Waals surface area contributed by atoms with Crippen LogP contribution in [0.5, 0.6) is 5.75 Å². The lowest BCUT2D eigenvalue weighted by molar-refractivity contribution is 0.217. The van der Waals surface area contributed by atoms with Crippen molar-refractivity contribution in [1.82, 2.24) is 0 Å². The molecule has 1 atom stereocenters. The molecule has 0 fully saturated rings. The smallest absolute Gasteiger partial charge is 0.121 e. The third-order valence-electron chi connectivity index (χ3n) is 1.64. The molecule has 0 bridgehead atoms. The fraction of sp³-hybridized carbons (Fsp3) is 0.400. The van der Waals surface area contributed by atoms with E-state index in [1.54, 1.807) is 0 Å². The molecule has 1 aromatic rings. The molecule has 12 heavy (non-hydrogen) atoms. The number of ether oxygens (including phenoxy) is 1. The summed E-state index contributed by atoms with van der Waals surface area (Å²) in [4.78, 5) is 0. The Kier molecular flexibility index (Phi) is 3.85. The van der Waals surface area contributed by atoms with E-state index in [0.29, 0.717) is 0 Å². The van der Waals surface area contributed by atoms with Crippen LogP contribution in [0.25, 0.3) is 0 Å². The fourth-order valence-corrected chi connectivity index (χ4v) is 1.29. The van der Waals surface area contributed by atoms with Crippen LogP contribution in [0.2, 0.25) is 0 Å².